The van der Waals surface area contributed by atoms with Crippen LogP contribution in [0.1, 0.15) is 25.7 Å². The van der Waals surface area contributed by atoms with E-state index in [1.54, 1.807) is 0 Å². The Labute approximate surface area is 117 Å². The van der Waals surface area contributed by atoms with E-state index in [4.69, 9.17) is 0 Å². The molecule has 0 bridgehead atoms. The van der Waals surface area contributed by atoms with Crippen LogP contribution in [-0.2, 0) is 4.79 Å². The monoisotopic (exact) mass is 270 g/mol. The van der Waals surface area contributed by atoms with Gasteiger partial charge < -0.3 is 10.4 Å². The number of hydrogen-bond donors (Lipinski definition) is 2. The van der Waals surface area contributed by atoms with Gasteiger partial charge in [0.1, 0.15) is 5.82 Å². The van der Waals surface area contributed by atoms with Crippen LogP contribution >= 0.6 is 0 Å². The Balaban J connectivity index is 1.77. The summed E-state index contributed by atoms with van der Waals surface area (Å²) in [5.74, 6) is 0.0551. The van der Waals surface area contributed by atoms with Gasteiger partial charge in [0, 0.05) is 11.9 Å². The molecule has 0 spiro atoms. The molecule has 104 valence electrons. The minimum atomic E-state index is -0.691. The maximum absolute atomic E-state index is 11.5. The second-order valence-electron chi connectivity index (χ2n) is 5.54. The van der Waals surface area contributed by atoms with E-state index in [2.05, 4.69) is 10.3 Å². The van der Waals surface area contributed by atoms with Gasteiger partial charge >= 0.3 is 5.97 Å². The first-order valence-corrected chi connectivity index (χ1v) is 7.03. The van der Waals surface area contributed by atoms with E-state index in [1.807, 2.05) is 36.4 Å². The van der Waals surface area contributed by atoms with E-state index in [0.717, 1.165) is 42.4 Å². The second kappa shape index (κ2) is 5.12. The minimum Gasteiger partial charge on any atom is -0.481 e. The van der Waals surface area contributed by atoms with Gasteiger partial charge in [-0.2, -0.15) is 0 Å². The lowest BCUT2D eigenvalue weighted by Gasteiger charge is -2.24. The van der Waals surface area contributed by atoms with Crippen LogP contribution in [0.15, 0.2) is 36.4 Å². The quantitative estimate of drug-likeness (QED) is 0.895. The van der Waals surface area contributed by atoms with E-state index in [1.165, 1.54) is 0 Å². The summed E-state index contributed by atoms with van der Waals surface area (Å²) in [5, 5.41) is 13.8. The Hall–Kier alpha value is -2.10. The summed E-state index contributed by atoms with van der Waals surface area (Å²) in [6.45, 7) is 0.452. The van der Waals surface area contributed by atoms with E-state index in [0.29, 0.717) is 6.54 Å². The van der Waals surface area contributed by atoms with Crippen molar-refractivity contribution in [3.63, 3.8) is 0 Å². The van der Waals surface area contributed by atoms with Crippen LogP contribution in [0.4, 0.5) is 5.82 Å². The fraction of sp³-hybridized carbons (Fsp3) is 0.375. The van der Waals surface area contributed by atoms with Crippen molar-refractivity contribution in [2.75, 3.05) is 11.9 Å². The largest absolute Gasteiger partial charge is 0.481 e. The van der Waals surface area contributed by atoms with Crippen molar-refractivity contribution in [1.29, 1.82) is 0 Å². The number of aromatic nitrogens is 1. The summed E-state index contributed by atoms with van der Waals surface area (Å²) >= 11 is 0. The highest BCUT2D eigenvalue weighted by Gasteiger charge is 2.41. The molecule has 0 saturated heterocycles. The molecule has 1 aliphatic rings. The highest BCUT2D eigenvalue weighted by Crippen LogP contribution is 2.38. The molecule has 0 unspecified atom stereocenters. The number of pyridine rings is 1. The Bertz CT molecular complexity index is 633. The third-order valence-corrected chi connectivity index (χ3v) is 4.22. The normalized spacial score (nSPS) is 17.2. The van der Waals surface area contributed by atoms with Crippen molar-refractivity contribution in [1.82, 2.24) is 4.98 Å². The topological polar surface area (TPSA) is 62.2 Å². The Morgan fingerprint density at radius 1 is 1.20 bits per heavy atom. The number of rotatable bonds is 4. The van der Waals surface area contributed by atoms with Gasteiger partial charge in [-0.3, -0.25) is 4.79 Å². The number of anilines is 1. The number of hydrogen-bond acceptors (Lipinski definition) is 3. The second-order valence-corrected chi connectivity index (χ2v) is 5.54. The number of carboxylic acids is 1. The molecular formula is C16H18N2O2. The van der Waals surface area contributed by atoms with Gasteiger partial charge in [0.15, 0.2) is 0 Å². The fourth-order valence-electron chi connectivity index (χ4n) is 2.94. The summed E-state index contributed by atoms with van der Waals surface area (Å²) in [6.07, 6.45) is 3.50. The first kappa shape index (κ1) is 12.9. The van der Waals surface area contributed by atoms with E-state index in [-0.39, 0.29) is 0 Å². The van der Waals surface area contributed by atoms with E-state index >= 15 is 0 Å². The van der Waals surface area contributed by atoms with Gasteiger partial charge in [0.05, 0.1) is 10.9 Å². The number of nitrogens with one attached hydrogen (secondary N) is 1. The predicted octanol–water partition coefficient (Wildman–Crippen LogP) is 3.29. The van der Waals surface area contributed by atoms with Crippen LogP contribution in [0.25, 0.3) is 10.9 Å². The smallest absolute Gasteiger partial charge is 0.311 e. The summed E-state index contributed by atoms with van der Waals surface area (Å²) in [6, 6.07) is 11.8. The molecule has 0 radical (unpaired) electrons. The Kier molecular flexibility index (Phi) is 3.30. The number of carbonyl (C=O) groups is 1. The molecule has 1 fully saturated rings. The molecule has 0 aliphatic heterocycles. The molecule has 2 N–H and O–H groups in total. The molecule has 1 aliphatic carbocycles. The average molecular weight is 270 g/mol. The van der Waals surface area contributed by atoms with Crippen LogP contribution in [-0.4, -0.2) is 22.6 Å². The molecule has 0 amide bonds. The van der Waals surface area contributed by atoms with E-state index in [9.17, 15) is 9.90 Å². The minimum absolute atomic E-state index is 0.452. The van der Waals surface area contributed by atoms with Gasteiger partial charge in [0.2, 0.25) is 0 Å². The SMILES string of the molecule is O=C(O)C1(CNc2ccc3ccccc3n2)CCCC1. The maximum atomic E-state index is 11.5. The molecule has 4 nitrogen and oxygen atoms in total. The van der Waals surface area contributed by atoms with Crippen molar-refractivity contribution in [2.24, 2.45) is 5.41 Å². The van der Waals surface area contributed by atoms with Crippen LogP contribution in [0.2, 0.25) is 0 Å². The standard InChI is InChI=1S/C16H18N2O2/c19-15(20)16(9-3-4-10-16)11-17-14-8-7-12-5-1-2-6-13(12)18-14/h1-2,5-8H,3-4,9-11H2,(H,17,18)(H,19,20). The zero-order valence-electron chi connectivity index (χ0n) is 11.3. The number of nitrogens with zero attached hydrogens (tertiary/aromatic N) is 1. The fourth-order valence-corrected chi connectivity index (χ4v) is 2.94. The molecule has 0 atom stereocenters. The molecule has 1 heterocycles. The van der Waals surface area contributed by atoms with Gasteiger partial charge in [-0.1, -0.05) is 31.0 Å². The number of carboxylic acid groups (broad SMARTS) is 1. The first-order valence-electron chi connectivity index (χ1n) is 7.03. The third-order valence-electron chi connectivity index (χ3n) is 4.22. The molecule has 20 heavy (non-hydrogen) atoms. The van der Waals surface area contributed by atoms with E-state index < -0.39 is 11.4 Å². The number of para-hydroxylation sites is 1. The van der Waals surface area contributed by atoms with Gasteiger partial charge in [0.25, 0.3) is 0 Å². The predicted molar refractivity (Wildman–Crippen MR) is 78.8 cm³/mol. The maximum Gasteiger partial charge on any atom is 0.311 e. The van der Waals surface area contributed by atoms with Gasteiger partial charge in [-0.25, -0.2) is 4.98 Å². The highest BCUT2D eigenvalue weighted by molar-refractivity contribution is 5.80. The van der Waals surface area contributed by atoms with Crippen molar-refractivity contribution < 1.29 is 9.90 Å². The Morgan fingerprint density at radius 2 is 1.95 bits per heavy atom. The van der Waals surface area contributed by atoms with Crippen molar-refractivity contribution in [2.45, 2.75) is 25.7 Å². The molecule has 4 heteroatoms. The summed E-state index contributed by atoms with van der Waals surface area (Å²) in [5.41, 5.74) is 0.307. The molecule has 2 aromatic rings. The highest BCUT2D eigenvalue weighted by atomic mass is 16.4. The Morgan fingerprint density at radius 3 is 2.70 bits per heavy atom. The van der Waals surface area contributed by atoms with Crippen LogP contribution in [0.5, 0.6) is 0 Å². The molecule has 3 rings (SSSR count). The molecule has 1 aromatic carbocycles. The molecular weight excluding hydrogens is 252 g/mol. The average Bonchev–Trinajstić information content (AvgIpc) is 2.95. The third kappa shape index (κ3) is 2.33. The lowest BCUT2D eigenvalue weighted by Crippen LogP contribution is -2.35. The molecule has 1 saturated carbocycles. The van der Waals surface area contributed by atoms with Crippen LogP contribution in [0.3, 0.4) is 0 Å². The summed E-state index contributed by atoms with van der Waals surface area (Å²) < 4.78 is 0. The zero-order chi connectivity index (χ0) is 14.0. The molecule has 1 aromatic heterocycles. The van der Waals surface area contributed by atoms with Crippen LogP contribution < -0.4 is 5.32 Å². The van der Waals surface area contributed by atoms with Crippen molar-refractivity contribution >= 4 is 22.7 Å². The number of aliphatic carboxylic acids is 1. The summed E-state index contributed by atoms with van der Waals surface area (Å²) in [4.78, 5) is 16.0. The number of benzene rings is 1. The van der Waals surface area contributed by atoms with Crippen LogP contribution in [0, 0.1) is 5.41 Å². The zero-order valence-corrected chi connectivity index (χ0v) is 11.3. The number of fused-ring (bicyclic) bond motifs is 1. The van der Waals surface area contributed by atoms with Crippen molar-refractivity contribution in [3.8, 4) is 0 Å². The first-order chi connectivity index (χ1) is 9.70. The van der Waals surface area contributed by atoms with Crippen molar-refractivity contribution in [3.05, 3.63) is 36.4 Å². The lowest BCUT2D eigenvalue weighted by atomic mass is 9.86. The van der Waals surface area contributed by atoms with Gasteiger partial charge in [-0.05, 0) is 31.0 Å². The van der Waals surface area contributed by atoms with Gasteiger partial charge in [-0.15, -0.1) is 0 Å². The summed E-state index contributed by atoms with van der Waals surface area (Å²) in [7, 11) is 0. The lowest BCUT2D eigenvalue weighted by molar-refractivity contribution is -0.147.